The van der Waals surface area contributed by atoms with E-state index in [1.54, 1.807) is 30.7 Å². The summed E-state index contributed by atoms with van der Waals surface area (Å²) in [5.74, 6) is -3.08. The molecular formula is C26H18F4N6O. The third kappa shape index (κ3) is 5.30. The fraction of sp³-hybridized carbons (Fsp3) is 0.115. The second-order valence-electron chi connectivity index (χ2n) is 8.19. The summed E-state index contributed by atoms with van der Waals surface area (Å²) in [7, 11) is 0. The SMILES string of the molecule is O=C(Nc1cc(-c2[nH]c3nccnc3c2-c2ccccn2)ccn1)[C@H](CC(F)(F)F)c1ccc(F)cc1. The maximum atomic E-state index is 13.3. The van der Waals surface area contributed by atoms with Crippen LogP contribution in [0.15, 0.2) is 79.4 Å². The molecule has 11 heteroatoms. The minimum absolute atomic E-state index is 0.0394. The van der Waals surface area contributed by atoms with Crippen molar-refractivity contribution in [3.8, 4) is 22.5 Å². The highest BCUT2D eigenvalue weighted by molar-refractivity contribution is 6.00. The first-order valence-corrected chi connectivity index (χ1v) is 11.1. The molecule has 5 aromatic rings. The van der Waals surface area contributed by atoms with E-state index in [1.807, 2.05) is 12.1 Å². The van der Waals surface area contributed by atoms with Crippen LogP contribution in [0.2, 0.25) is 0 Å². The summed E-state index contributed by atoms with van der Waals surface area (Å²) in [4.78, 5) is 33.4. The molecule has 4 heterocycles. The first-order valence-electron chi connectivity index (χ1n) is 11.1. The molecular weight excluding hydrogens is 488 g/mol. The van der Waals surface area contributed by atoms with Crippen LogP contribution in [0.1, 0.15) is 17.9 Å². The van der Waals surface area contributed by atoms with Crippen molar-refractivity contribution >= 4 is 22.9 Å². The third-order valence-corrected chi connectivity index (χ3v) is 5.67. The molecule has 0 saturated heterocycles. The lowest BCUT2D eigenvalue weighted by atomic mass is 9.94. The summed E-state index contributed by atoms with van der Waals surface area (Å²) in [6.45, 7) is 0. The van der Waals surface area contributed by atoms with E-state index in [4.69, 9.17) is 0 Å². The maximum absolute atomic E-state index is 13.3. The molecule has 1 amide bonds. The minimum Gasteiger partial charge on any atom is -0.337 e. The molecule has 0 fully saturated rings. The number of rotatable bonds is 6. The summed E-state index contributed by atoms with van der Waals surface area (Å²) in [5.41, 5.74) is 3.63. The van der Waals surface area contributed by atoms with Crippen LogP contribution in [0.4, 0.5) is 23.4 Å². The Morgan fingerprint density at radius 2 is 1.70 bits per heavy atom. The molecule has 1 atom stereocenters. The number of benzene rings is 1. The molecule has 2 N–H and O–H groups in total. The van der Waals surface area contributed by atoms with Crippen LogP contribution >= 0.6 is 0 Å². The number of aromatic nitrogens is 5. The number of amides is 1. The Morgan fingerprint density at radius 3 is 2.43 bits per heavy atom. The number of carbonyl (C=O) groups excluding carboxylic acids is 1. The Morgan fingerprint density at radius 1 is 0.919 bits per heavy atom. The third-order valence-electron chi connectivity index (χ3n) is 5.67. The normalized spacial score (nSPS) is 12.4. The van der Waals surface area contributed by atoms with Crippen molar-refractivity contribution in [2.24, 2.45) is 0 Å². The van der Waals surface area contributed by atoms with Crippen LogP contribution in [0.5, 0.6) is 0 Å². The molecule has 4 aromatic heterocycles. The van der Waals surface area contributed by atoms with Crippen molar-refractivity contribution < 1.29 is 22.4 Å². The van der Waals surface area contributed by atoms with E-state index >= 15 is 0 Å². The van der Waals surface area contributed by atoms with Crippen molar-refractivity contribution in [2.45, 2.75) is 18.5 Å². The Hall–Kier alpha value is -4.67. The number of pyridine rings is 2. The van der Waals surface area contributed by atoms with Gasteiger partial charge in [-0.2, -0.15) is 13.2 Å². The zero-order chi connectivity index (χ0) is 26.0. The van der Waals surface area contributed by atoms with Crippen molar-refractivity contribution in [3.63, 3.8) is 0 Å². The van der Waals surface area contributed by atoms with Gasteiger partial charge in [0.1, 0.15) is 17.2 Å². The van der Waals surface area contributed by atoms with E-state index in [-0.39, 0.29) is 11.4 Å². The van der Waals surface area contributed by atoms with Gasteiger partial charge >= 0.3 is 6.18 Å². The number of carbonyl (C=O) groups is 1. The molecule has 0 bridgehead atoms. The number of alkyl halides is 3. The molecule has 0 aliphatic carbocycles. The van der Waals surface area contributed by atoms with E-state index in [9.17, 15) is 22.4 Å². The molecule has 186 valence electrons. The van der Waals surface area contributed by atoms with Crippen molar-refractivity contribution in [3.05, 3.63) is 90.8 Å². The number of H-pyrrole nitrogens is 1. The van der Waals surface area contributed by atoms with Gasteiger partial charge in [-0.15, -0.1) is 0 Å². The summed E-state index contributed by atoms with van der Waals surface area (Å²) in [6.07, 6.45) is 0.139. The topological polar surface area (TPSA) is 96.5 Å². The summed E-state index contributed by atoms with van der Waals surface area (Å²) in [5, 5.41) is 2.48. The minimum atomic E-state index is -4.62. The van der Waals surface area contributed by atoms with E-state index in [1.165, 1.54) is 24.4 Å². The van der Waals surface area contributed by atoms with E-state index in [2.05, 4.69) is 30.2 Å². The highest BCUT2D eigenvalue weighted by Crippen LogP contribution is 2.36. The second-order valence-corrected chi connectivity index (χ2v) is 8.19. The molecule has 0 unspecified atom stereocenters. The summed E-state index contributed by atoms with van der Waals surface area (Å²) < 4.78 is 53.1. The number of hydrogen-bond acceptors (Lipinski definition) is 5. The average Bonchev–Trinajstić information content (AvgIpc) is 3.28. The van der Waals surface area contributed by atoms with Crippen LogP contribution < -0.4 is 5.32 Å². The number of fused-ring (bicyclic) bond motifs is 1. The lowest BCUT2D eigenvalue weighted by Crippen LogP contribution is -2.26. The van der Waals surface area contributed by atoms with Gasteiger partial charge in [-0.1, -0.05) is 18.2 Å². The maximum Gasteiger partial charge on any atom is 0.390 e. The van der Waals surface area contributed by atoms with Gasteiger partial charge in [0.05, 0.1) is 29.3 Å². The van der Waals surface area contributed by atoms with Crippen LogP contribution in [-0.4, -0.2) is 37.0 Å². The van der Waals surface area contributed by atoms with E-state index in [0.29, 0.717) is 33.7 Å². The molecule has 0 radical (unpaired) electrons. The lowest BCUT2D eigenvalue weighted by Gasteiger charge is -2.19. The van der Waals surface area contributed by atoms with Crippen LogP contribution in [0, 0.1) is 5.82 Å². The van der Waals surface area contributed by atoms with Gasteiger partial charge in [0.15, 0.2) is 5.65 Å². The van der Waals surface area contributed by atoms with E-state index < -0.39 is 30.2 Å². The zero-order valence-corrected chi connectivity index (χ0v) is 19.0. The van der Waals surface area contributed by atoms with Crippen molar-refractivity contribution in [2.75, 3.05) is 5.32 Å². The predicted octanol–water partition coefficient (Wildman–Crippen LogP) is 5.90. The molecule has 1 aromatic carbocycles. The molecule has 5 rings (SSSR count). The molecule has 0 aliphatic rings. The number of nitrogens with zero attached hydrogens (tertiary/aromatic N) is 4. The largest absolute Gasteiger partial charge is 0.390 e. The Labute approximate surface area is 207 Å². The first kappa shape index (κ1) is 24.0. The number of hydrogen-bond donors (Lipinski definition) is 2. The smallest absolute Gasteiger partial charge is 0.337 e. The average molecular weight is 506 g/mol. The van der Waals surface area contributed by atoms with Crippen LogP contribution in [0.3, 0.4) is 0 Å². The van der Waals surface area contributed by atoms with Crippen LogP contribution in [0.25, 0.3) is 33.7 Å². The van der Waals surface area contributed by atoms with Crippen LogP contribution in [-0.2, 0) is 4.79 Å². The molecule has 37 heavy (non-hydrogen) atoms. The van der Waals surface area contributed by atoms with Gasteiger partial charge < -0.3 is 10.3 Å². The summed E-state index contributed by atoms with van der Waals surface area (Å²) in [6, 6.07) is 13.0. The highest BCUT2D eigenvalue weighted by Gasteiger charge is 2.36. The standard InChI is InChI=1S/C26H18F4N6O/c27-17-6-4-15(5-7-17)18(14-26(28,29)30)25(37)35-20-13-16(8-10-32-20)22-21(19-3-1-2-9-31-19)23-24(36-22)34-12-11-33-23/h1-13,18H,14H2,(H,34,36)(H,32,35,37)/t18-/m1/s1. The zero-order valence-electron chi connectivity index (χ0n) is 19.0. The summed E-state index contributed by atoms with van der Waals surface area (Å²) >= 11 is 0. The molecule has 7 nitrogen and oxygen atoms in total. The van der Waals surface area contributed by atoms with Gasteiger partial charge in [0.2, 0.25) is 5.91 Å². The highest BCUT2D eigenvalue weighted by atomic mass is 19.4. The quantitative estimate of drug-likeness (QED) is 0.280. The van der Waals surface area contributed by atoms with Crippen molar-refractivity contribution in [1.82, 2.24) is 24.9 Å². The number of nitrogens with one attached hydrogen (secondary N) is 2. The second kappa shape index (κ2) is 9.76. The number of anilines is 1. The molecule has 0 spiro atoms. The van der Waals surface area contributed by atoms with Crippen molar-refractivity contribution in [1.29, 1.82) is 0 Å². The van der Waals surface area contributed by atoms with Gasteiger partial charge in [-0.25, -0.2) is 14.4 Å². The van der Waals surface area contributed by atoms with Gasteiger partial charge in [-0.3, -0.25) is 14.8 Å². The van der Waals surface area contributed by atoms with Gasteiger partial charge in [0.25, 0.3) is 0 Å². The molecule has 0 saturated carbocycles. The predicted molar refractivity (Wildman–Crippen MR) is 129 cm³/mol. The Balaban J connectivity index is 1.51. The molecule has 0 aliphatic heterocycles. The van der Waals surface area contributed by atoms with Gasteiger partial charge in [0, 0.05) is 30.4 Å². The van der Waals surface area contributed by atoms with E-state index in [0.717, 1.165) is 12.1 Å². The Bertz CT molecular complexity index is 1550. The fourth-order valence-electron chi connectivity index (χ4n) is 4.04. The fourth-order valence-corrected chi connectivity index (χ4v) is 4.04. The first-order chi connectivity index (χ1) is 17.8. The van der Waals surface area contributed by atoms with Gasteiger partial charge in [-0.05, 0) is 42.0 Å². The Kier molecular flexibility index (Phi) is 6.34. The number of halogens is 4. The lowest BCUT2D eigenvalue weighted by molar-refractivity contribution is -0.146. The number of aromatic amines is 1. The monoisotopic (exact) mass is 506 g/mol.